The minimum absolute atomic E-state index is 0.223. The highest BCUT2D eigenvalue weighted by atomic mass is 16.2. The maximum atomic E-state index is 13.0. The lowest BCUT2D eigenvalue weighted by molar-refractivity contribution is -0.134. The van der Waals surface area contributed by atoms with Crippen LogP contribution < -0.4 is 5.32 Å². The van der Waals surface area contributed by atoms with Crippen LogP contribution in [0.15, 0.2) is 0 Å². The van der Waals surface area contributed by atoms with Crippen molar-refractivity contribution in [1.82, 2.24) is 15.1 Å². The summed E-state index contributed by atoms with van der Waals surface area (Å²) in [4.78, 5) is 17.8. The highest BCUT2D eigenvalue weighted by Crippen LogP contribution is 2.38. The van der Waals surface area contributed by atoms with E-state index in [1.807, 2.05) is 0 Å². The number of hydrogen-bond donors (Lipinski definition) is 1. The molecule has 1 aliphatic carbocycles. The van der Waals surface area contributed by atoms with E-state index in [1.165, 1.54) is 38.8 Å². The number of carbonyl (C=O) groups is 1. The van der Waals surface area contributed by atoms with Crippen LogP contribution in [0.5, 0.6) is 0 Å². The van der Waals surface area contributed by atoms with Crippen LogP contribution in [-0.2, 0) is 4.79 Å². The molecule has 1 N–H and O–H groups in total. The minimum atomic E-state index is -0.223. The lowest BCUT2D eigenvalue weighted by Crippen LogP contribution is -2.48. The van der Waals surface area contributed by atoms with Crippen LogP contribution >= 0.6 is 0 Å². The Morgan fingerprint density at radius 2 is 1.76 bits per heavy atom. The predicted molar refractivity (Wildman–Crippen MR) is 84.9 cm³/mol. The van der Waals surface area contributed by atoms with E-state index in [9.17, 15) is 4.79 Å². The van der Waals surface area contributed by atoms with Gasteiger partial charge in [0, 0.05) is 12.6 Å². The van der Waals surface area contributed by atoms with Crippen molar-refractivity contribution in [3.05, 3.63) is 0 Å². The van der Waals surface area contributed by atoms with Gasteiger partial charge in [-0.3, -0.25) is 15.0 Å². The fraction of sp³-hybridized carbons (Fsp3) is 0.941. The maximum absolute atomic E-state index is 13.0. The third-order valence-corrected chi connectivity index (χ3v) is 5.74. The Bertz CT molecular complexity index is 383. The summed E-state index contributed by atoms with van der Waals surface area (Å²) in [6.45, 7) is 10.0. The molecule has 1 amide bonds. The molecule has 3 rings (SSSR count). The second kappa shape index (κ2) is 5.88. The van der Waals surface area contributed by atoms with Crippen LogP contribution in [0.2, 0.25) is 0 Å². The van der Waals surface area contributed by atoms with E-state index in [0.29, 0.717) is 17.9 Å². The van der Waals surface area contributed by atoms with Crippen molar-refractivity contribution in [3.8, 4) is 0 Å². The summed E-state index contributed by atoms with van der Waals surface area (Å²) < 4.78 is 0. The van der Waals surface area contributed by atoms with E-state index in [4.69, 9.17) is 0 Å². The van der Waals surface area contributed by atoms with Gasteiger partial charge in [0.25, 0.3) is 0 Å². The van der Waals surface area contributed by atoms with Gasteiger partial charge >= 0.3 is 0 Å². The topological polar surface area (TPSA) is 35.6 Å². The number of rotatable bonds is 4. The first-order chi connectivity index (χ1) is 10.0. The predicted octanol–water partition coefficient (Wildman–Crippen LogP) is 2.20. The van der Waals surface area contributed by atoms with Crippen LogP contribution in [0.4, 0.5) is 0 Å². The zero-order valence-electron chi connectivity index (χ0n) is 13.9. The van der Waals surface area contributed by atoms with Gasteiger partial charge in [0.2, 0.25) is 5.91 Å². The standard InChI is InChI=1S/C17H31N3O/c1-13(2)15-18-17(8-4-5-9-17)16(21)20(15)12-14(3)19-10-6-7-11-19/h13-15,18H,4-12H2,1-3H3. The van der Waals surface area contributed by atoms with Crippen LogP contribution in [0.25, 0.3) is 0 Å². The average molecular weight is 293 g/mol. The second-order valence-electron chi connectivity index (χ2n) is 7.67. The third kappa shape index (κ3) is 2.72. The molecule has 0 radical (unpaired) electrons. The Morgan fingerprint density at radius 3 is 2.33 bits per heavy atom. The van der Waals surface area contributed by atoms with Gasteiger partial charge in [0.05, 0.1) is 11.7 Å². The van der Waals surface area contributed by atoms with Gasteiger partial charge < -0.3 is 4.90 Å². The van der Waals surface area contributed by atoms with Crippen molar-refractivity contribution in [3.63, 3.8) is 0 Å². The SMILES string of the molecule is CC(C)C1NC2(CCCC2)C(=O)N1CC(C)N1CCCC1. The van der Waals surface area contributed by atoms with Crippen molar-refractivity contribution in [2.45, 2.75) is 77.0 Å². The summed E-state index contributed by atoms with van der Waals surface area (Å²) in [5, 5.41) is 3.72. The van der Waals surface area contributed by atoms with Gasteiger partial charge in [0.1, 0.15) is 0 Å². The first kappa shape index (κ1) is 15.3. The van der Waals surface area contributed by atoms with E-state index in [1.54, 1.807) is 0 Å². The Hall–Kier alpha value is -0.610. The normalized spacial score (nSPS) is 31.0. The van der Waals surface area contributed by atoms with Gasteiger partial charge in [-0.25, -0.2) is 0 Å². The summed E-state index contributed by atoms with van der Waals surface area (Å²) >= 11 is 0. The Kier molecular flexibility index (Phi) is 4.28. The van der Waals surface area contributed by atoms with E-state index in [0.717, 1.165) is 19.4 Å². The summed E-state index contributed by atoms with van der Waals surface area (Å²) in [6, 6.07) is 0.482. The molecule has 0 aromatic rings. The van der Waals surface area contributed by atoms with Crippen LogP contribution in [0.1, 0.15) is 59.3 Å². The van der Waals surface area contributed by atoms with E-state index >= 15 is 0 Å². The van der Waals surface area contributed by atoms with Crippen molar-refractivity contribution in [1.29, 1.82) is 0 Å². The number of amides is 1. The minimum Gasteiger partial charge on any atom is -0.324 e. The van der Waals surface area contributed by atoms with Gasteiger partial charge in [-0.05, 0) is 51.6 Å². The molecule has 0 aromatic heterocycles. The highest BCUT2D eigenvalue weighted by Gasteiger charge is 2.53. The third-order valence-electron chi connectivity index (χ3n) is 5.74. The van der Waals surface area contributed by atoms with Gasteiger partial charge in [-0.15, -0.1) is 0 Å². The molecule has 2 atom stereocenters. The number of carbonyl (C=O) groups excluding carboxylic acids is 1. The summed E-state index contributed by atoms with van der Waals surface area (Å²) in [6.07, 6.45) is 7.30. The Labute approximate surface area is 129 Å². The quantitative estimate of drug-likeness (QED) is 0.863. The number of nitrogens with one attached hydrogen (secondary N) is 1. The van der Waals surface area contributed by atoms with Crippen LogP contribution in [-0.4, -0.2) is 53.1 Å². The molecule has 3 aliphatic rings. The fourth-order valence-electron chi connectivity index (χ4n) is 4.47. The molecule has 4 heteroatoms. The molecule has 2 aliphatic heterocycles. The molecule has 0 aromatic carbocycles. The zero-order valence-corrected chi connectivity index (χ0v) is 13.9. The molecule has 21 heavy (non-hydrogen) atoms. The molecule has 4 nitrogen and oxygen atoms in total. The van der Waals surface area contributed by atoms with Crippen molar-refractivity contribution < 1.29 is 4.79 Å². The van der Waals surface area contributed by atoms with Gasteiger partial charge in [-0.1, -0.05) is 26.7 Å². The molecule has 2 saturated heterocycles. The summed E-state index contributed by atoms with van der Waals surface area (Å²) in [7, 11) is 0. The summed E-state index contributed by atoms with van der Waals surface area (Å²) in [5.41, 5.74) is -0.223. The molecule has 1 spiro atoms. The van der Waals surface area contributed by atoms with E-state index in [2.05, 4.69) is 35.9 Å². The second-order valence-corrected chi connectivity index (χ2v) is 7.67. The molecule has 2 heterocycles. The first-order valence-corrected chi connectivity index (χ1v) is 8.86. The Morgan fingerprint density at radius 1 is 1.14 bits per heavy atom. The molecule has 3 fully saturated rings. The average Bonchev–Trinajstić information content (AvgIpc) is 3.16. The molecule has 1 saturated carbocycles. The molecular formula is C17H31N3O. The smallest absolute Gasteiger partial charge is 0.244 e. The fourth-order valence-corrected chi connectivity index (χ4v) is 4.47. The van der Waals surface area contributed by atoms with Crippen molar-refractivity contribution in [2.75, 3.05) is 19.6 Å². The van der Waals surface area contributed by atoms with Gasteiger partial charge in [0.15, 0.2) is 0 Å². The molecule has 0 bridgehead atoms. The van der Waals surface area contributed by atoms with Crippen molar-refractivity contribution >= 4 is 5.91 Å². The maximum Gasteiger partial charge on any atom is 0.244 e. The van der Waals surface area contributed by atoms with E-state index < -0.39 is 0 Å². The van der Waals surface area contributed by atoms with E-state index in [-0.39, 0.29) is 11.7 Å². The summed E-state index contributed by atoms with van der Waals surface area (Å²) in [5.74, 6) is 0.851. The molecular weight excluding hydrogens is 262 g/mol. The first-order valence-electron chi connectivity index (χ1n) is 8.86. The Balaban J connectivity index is 1.73. The largest absolute Gasteiger partial charge is 0.324 e. The van der Waals surface area contributed by atoms with Crippen LogP contribution in [0, 0.1) is 5.92 Å². The molecule has 120 valence electrons. The molecule has 2 unspecified atom stereocenters. The van der Waals surface area contributed by atoms with Crippen LogP contribution in [0.3, 0.4) is 0 Å². The van der Waals surface area contributed by atoms with Gasteiger partial charge in [-0.2, -0.15) is 0 Å². The van der Waals surface area contributed by atoms with Crippen molar-refractivity contribution in [2.24, 2.45) is 5.92 Å². The zero-order chi connectivity index (χ0) is 15.0. The lowest BCUT2D eigenvalue weighted by atomic mass is 9.98. The number of likely N-dealkylation sites (tertiary alicyclic amines) is 1. The number of hydrogen-bond acceptors (Lipinski definition) is 3. The number of nitrogens with zero attached hydrogens (tertiary/aromatic N) is 2. The highest BCUT2D eigenvalue weighted by molar-refractivity contribution is 5.89. The lowest BCUT2D eigenvalue weighted by Gasteiger charge is -2.33. The monoisotopic (exact) mass is 293 g/mol.